The summed E-state index contributed by atoms with van der Waals surface area (Å²) in [7, 11) is 3.67. The summed E-state index contributed by atoms with van der Waals surface area (Å²) in [5.41, 5.74) is 1.29. The van der Waals surface area contributed by atoms with Crippen molar-refractivity contribution < 1.29 is 0 Å². The molecule has 0 saturated carbocycles. The number of nitrogens with zero attached hydrogens (tertiary/aromatic N) is 1. The van der Waals surface area contributed by atoms with Crippen molar-refractivity contribution in [1.82, 2.24) is 5.32 Å². The Labute approximate surface area is 97.3 Å². The molecule has 76 valence electrons. The van der Waals surface area contributed by atoms with Gasteiger partial charge in [-0.25, -0.2) is 0 Å². The van der Waals surface area contributed by atoms with Gasteiger partial charge >= 0.3 is 0 Å². The fraction of sp³-hybridized carbons (Fsp3) is 0.300. The average molecular weight is 273 g/mol. The molecule has 0 atom stereocenters. The number of rotatable bonds is 2. The number of hydrogen-bond acceptors (Lipinski definition) is 2. The highest BCUT2D eigenvalue weighted by Gasteiger charge is 2.00. The van der Waals surface area contributed by atoms with Crippen LogP contribution in [0.25, 0.3) is 0 Å². The van der Waals surface area contributed by atoms with E-state index in [1.165, 1.54) is 5.56 Å². The second kappa shape index (κ2) is 6.09. The zero-order valence-electron chi connectivity index (χ0n) is 8.25. The maximum absolute atomic E-state index is 4.10. The van der Waals surface area contributed by atoms with Crippen LogP contribution in [0.15, 0.2) is 33.7 Å². The highest BCUT2D eigenvalue weighted by atomic mass is 79.9. The van der Waals surface area contributed by atoms with Crippen molar-refractivity contribution >= 4 is 32.9 Å². The molecule has 0 radical (unpaired) electrons. The Kier molecular flexibility index (Phi) is 5.04. The first kappa shape index (κ1) is 11.6. The van der Waals surface area contributed by atoms with Crippen molar-refractivity contribution in [3.63, 3.8) is 0 Å². The van der Waals surface area contributed by atoms with Crippen LogP contribution in [-0.4, -0.2) is 19.3 Å². The summed E-state index contributed by atoms with van der Waals surface area (Å²) in [6.07, 6.45) is 0. The molecule has 0 aromatic heterocycles. The molecule has 0 heterocycles. The van der Waals surface area contributed by atoms with Crippen LogP contribution < -0.4 is 5.32 Å². The van der Waals surface area contributed by atoms with Gasteiger partial charge in [0.2, 0.25) is 0 Å². The first-order chi connectivity index (χ1) is 6.77. The number of nitrogens with one attached hydrogen (secondary N) is 1. The summed E-state index contributed by atoms with van der Waals surface area (Å²) >= 11 is 5.21. The van der Waals surface area contributed by atoms with E-state index in [4.69, 9.17) is 0 Å². The summed E-state index contributed by atoms with van der Waals surface area (Å²) in [6, 6.07) is 8.23. The molecular formula is C10H13BrN2S. The molecule has 1 N–H and O–H groups in total. The number of thioether (sulfide) groups is 1. The minimum atomic E-state index is 0.926. The van der Waals surface area contributed by atoms with Gasteiger partial charge in [0.1, 0.15) is 0 Å². The van der Waals surface area contributed by atoms with Crippen molar-refractivity contribution in [2.45, 2.75) is 5.75 Å². The Morgan fingerprint density at radius 2 is 2.21 bits per heavy atom. The van der Waals surface area contributed by atoms with Gasteiger partial charge in [0, 0.05) is 24.3 Å². The summed E-state index contributed by atoms with van der Waals surface area (Å²) in [4.78, 5) is 4.10. The molecule has 1 aromatic carbocycles. The lowest BCUT2D eigenvalue weighted by molar-refractivity contribution is 1.18. The number of amidine groups is 1. The van der Waals surface area contributed by atoms with Crippen LogP contribution >= 0.6 is 27.7 Å². The van der Waals surface area contributed by atoms with Gasteiger partial charge in [-0.1, -0.05) is 45.9 Å². The second-order valence-electron chi connectivity index (χ2n) is 2.66. The molecule has 14 heavy (non-hydrogen) atoms. The minimum Gasteiger partial charge on any atom is -0.368 e. The van der Waals surface area contributed by atoms with E-state index in [9.17, 15) is 0 Å². The van der Waals surface area contributed by atoms with Crippen molar-refractivity contribution in [2.24, 2.45) is 4.99 Å². The molecule has 0 amide bonds. The van der Waals surface area contributed by atoms with Crippen LogP contribution in [0.2, 0.25) is 0 Å². The SMILES string of the molecule is CN=C(NC)SCc1ccccc1Br. The Morgan fingerprint density at radius 3 is 2.79 bits per heavy atom. The van der Waals surface area contributed by atoms with E-state index < -0.39 is 0 Å². The lowest BCUT2D eigenvalue weighted by Crippen LogP contribution is -2.14. The molecule has 0 bridgehead atoms. The Hall–Kier alpha value is -0.480. The molecule has 0 fully saturated rings. The standard InChI is InChI=1S/C10H13BrN2S/c1-12-10(13-2)14-7-8-5-3-4-6-9(8)11/h3-6H,7H2,1-2H3,(H,12,13). The van der Waals surface area contributed by atoms with Gasteiger partial charge in [-0.15, -0.1) is 0 Å². The van der Waals surface area contributed by atoms with E-state index in [1.54, 1.807) is 18.8 Å². The Balaban J connectivity index is 2.58. The van der Waals surface area contributed by atoms with Crippen molar-refractivity contribution in [2.75, 3.05) is 14.1 Å². The predicted molar refractivity (Wildman–Crippen MR) is 67.9 cm³/mol. The van der Waals surface area contributed by atoms with Crippen LogP contribution in [0.5, 0.6) is 0 Å². The zero-order chi connectivity index (χ0) is 10.4. The molecular weight excluding hydrogens is 260 g/mol. The third kappa shape index (κ3) is 3.35. The fourth-order valence-electron chi connectivity index (χ4n) is 1.01. The molecule has 0 unspecified atom stereocenters. The van der Waals surface area contributed by atoms with Gasteiger partial charge < -0.3 is 5.32 Å². The largest absolute Gasteiger partial charge is 0.368 e. The number of hydrogen-bond donors (Lipinski definition) is 1. The van der Waals surface area contributed by atoms with Crippen molar-refractivity contribution in [3.05, 3.63) is 34.3 Å². The van der Waals surface area contributed by atoms with E-state index in [1.807, 2.05) is 19.2 Å². The molecule has 4 heteroatoms. The summed E-state index contributed by atoms with van der Waals surface area (Å²) < 4.78 is 1.15. The molecule has 0 aliphatic carbocycles. The van der Waals surface area contributed by atoms with E-state index in [0.29, 0.717) is 0 Å². The minimum absolute atomic E-state index is 0.926. The maximum Gasteiger partial charge on any atom is 0.156 e. The number of benzene rings is 1. The fourth-order valence-corrected chi connectivity index (χ4v) is 2.44. The predicted octanol–water partition coefficient (Wildman–Crippen LogP) is 2.89. The van der Waals surface area contributed by atoms with E-state index >= 15 is 0 Å². The molecule has 0 saturated heterocycles. The zero-order valence-corrected chi connectivity index (χ0v) is 10.7. The Morgan fingerprint density at radius 1 is 1.50 bits per heavy atom. The molecule has 2 nitrogen and oxygen atoms in total. The van der Waals surface area contributed by atoms with Crippen LogP contribution in [0.4, 0.5) is 0 Å². The summed E-state index contributed by atoms with van der Waals surface area (Å²) in [6.45, 7) is 0. The van der Waals surface area contributed by atoms with Crippen LogP contribution in [0.3, 0.4) is 0 Å². The lowest BCUT2D eigenvalue weighted by atomic mass is 10.2. The van der Waals surface area contributed by atoms with Gasteiger partial charge in [0.15, 0.2) is 5.17 Å². The number of halogens is 1. The van der Waals surface area contributed by atoms with E-state index in [0.717, 1.165) is 15.4 Å². The normalized spacial score (nSPS) is 11.5. The molecule has 0 aliphatic rings. The van der Waals surface area contributed by atoms with E-state index in [2.05, 4.69) is 38.4 Å². The molecule has 1 aromatic rings. The summed E-state index contributed by atoms with van der Waals surface area (Å²) in [5.74, 6) is 0.926. The molecule has 0 aliphatic heterocycles. The average Bonchev–Trinajstić information content (AvgIpc) is 2.22. The highest BCUT2D eigenvalue weighted by Crippen LogP contribution is 2.21. The van der Waals surface area contributed by atoms with Crippen LogP contribution in [0, 0.1) is 0 Å². The van der Waals surface area contributed by atoms with Crippen molar-refractivity contribution in [3.8, 4) is 0 Å². The van der Waals surface area contributed by atoms with Gasteiger partial charge in [-0.3, -0.25) is 4.99 Å². The van der Waals surface area contributed by atoms with Gasteiger partial charge in [0.05, 0.1) is 0 Å². The maximum atomic E-state index is 4.10. The van der Waals surface area contributed by atoms with Crippen LogP contribution in [0.1, 0.15) is 5.56 Å². The summed E-state index contributed by atoms with van der Waals surface area (Å²) in [5, 5.41) is 4.00. The smallest absolute Gasteiger partial charge is 0.156 e. The van der Waals surface area contributed by atoms with E-state index in [-0.39, 0.29) is 0 Å². The molecule has 1 rings (SSSR count). The van der Waals surface area contributed by atoms with Crippen LogP contribution in [-0.2, 0) is 5.75 Å². The first-order valence-corrected chi connectivity index (χ1v) is 6.06. The van der Waals surface area contributed by atoms with Gasteiger partial charge in [-0.05, 0) is 11.6 Å². The Bertz CT molecular complexity index is 326. The second-order valence-corrected chi connectivity index (χ2v) is 4.48. The number of aliphatic imine (C=N–C) groups is 1. The monoisotopic (exact) mass is 272 g/mol. The lowest BCUT2D eigenvalue weighted by Gasteiger charge is -2.05. The topological polar surface area (TPSA) is 24.4 Å². The third-order valence-corrected chi connectivity index (χ3v) is 3.63. The van der Waals surface area contributed by atoms with Gasteiger partial charge in [-0.2, -0.15) is 0 Å². The third-order valence-electron chi connectivity index (χ3n) is 1.74. The quantitative estimate of drug-likeness (QED) is 0.662. The first-order valence-electron chi connectivity index (χ1n) is 4.28. The molecule has 0 spiro atoms. The van der Waals surface area contributed by atoms with Crippen molar-refractivity contribution in [1.29, 1.82) is 0 Å². The van der Waals surface area contributed by atoms with Gasteiger partial charge in [0.25, 0.3) is 0 Å². The highest BCUT2D eigenvalue weighted by molar-refractivity contribution is 9.10.